The number of carbonyl (C=O) groups is 3. The molecule has 10 heteroatoms. The lowest BCUT2D eigenvalue weighted by Crippen LogP contribution is -2.55. The molecule has 1 aromatic heterocycles. The highest BCUT2D eigenvalue weighted by atomic mass is 32.1. The van der Waals surface area contributed by atoms with Crippen molar-refractivity contribution in [3.05, 3.63) is 45.9 Å². The molecule has 31 heavy (non-hydrogen) atoms. The van der Waals surface area contributed by atoms with Crippen molar-refractivity contribution in [3.63, 3.8) is 0 Å². The van der Waals surface area contributed by atoms with Crippen LogP contribution in [0, 0.1) is 6.92 Å². The van der Waals surface area contributed by atoms with Gasteiger partial charge in [0.2, 0.25) is 5.91 Å². The molecule has 0 saturated carbocycles. The quantitative estimate of drug-likeness (QED) is 0.508. The Morgan fingerprint density at radius 3 is 2.48 bits per heavy atom. The zero-order chi connectivity index (χ0) is 22.4. The molecule has 0 radical (unpaired) electrons. The maximum Gasteiger partial charge on any atom is 0.337 e. The molecule has 2 heterocycles. The van der Waals surface area contributed by atoms with E-state index in [0.29, 0.717) is 17.1 Å². The second kappa shape index (κ2) is 10.4. The number of benzene rings is 1. The number of hydrogen-bond acceptors (Lipinski definition) is 8. The fourth-order valence-corrected chi connectivity index (χ4v) is 4.19. The third-order valence-corrected chi connectivity index (χ3v) is 6.05. The molecule has 2 N–H and O–H groups in total. The molecular weight excluding hydrogens is 418 g/mol. The van der Waals surface area contributed by atoms with E-state index in [1.54, 1.807) is 12.1 Å². The van der Waals surface area contributed by atoms with E-state index in [-0.39, 0.29) is 36.8 Å². The van der Waals surface area contributed by atoms with Gasteiger partial charge in [0.25, 0.3) is 5.91 Å². The zero-order valence-corrected chi connectivity index (χ0v) is 18.7. The third kappa shape index (κ3) is 6.25. The number of hydrazine groups is 1. The van der Waals surface area contributed by atoms with Crippen LogP contribution in [0.1, 0.15) is 28.0 Å². The summed E-state index contributed by atoms with van der Waals surface area (Å²) in [5.74, 6) is -0.910. The predicted octanol–water partition coefficient (Wildman–Crippen LogP) is 1.14. The molecule has 0 bridgehead atoms. The first-order valence-electron chi connectivity index (χ1n) is 10.0. The van der Waals surface area contributed by atoms with Crippen LogP contribution in [0.25, 0.3) is 0 Å². The van der Waals surface area contributed by atoms with E-state index < -0.39 is 0 Å². The summed E-state index contributed by atoms with van der Waals surface area (Å²) in [4.78, 5) is 44.3. The molecule has 0 aliphatic carbocycles. The Labute approximate surface area is 185 Å². The van der Waals surface area contributed by atoms with Crippen LogP contribution in [-0.4, -0.2) is 67.0 Å². The molecular formula is C21H27N5O4S. The SMILES string of the molecule is COC(=O)c1ccc(N2CCN(CC(=O)NNC(=O)Cc3nc(C)cs3)C(C)C2)cc1. The molecule has 9 nitrogen and oxygen atoms in total. The number of aryl methyl sites for hydroxylation is 1. The van der Waals surface area contributed by atoms with Gasteiger partial charge in [-0.05, 0) is 38.1 Å². The summed E-state index contributed by atoms with van der Waals surface area (Å²) in [6.45, 7) is 6.35. The number of rotatable bonds is 6. The molecule has 2 aromatic rings. The Kier molecular flexibility index (Phi) is 7.59. The summed E-state index contributed by atoms with van der Waals surface area (Å²) < 4.78 is 4.73. The Morgan fingerprint density at radius 1 is 1.16 bits per heavy atom. The van der Waals surface area contributed by atoms with Crippen molar-refractivity contribution < 1.29 is 19.1 Å². The van der Waals surface area contributed by atoms with Crippen LogP contribution in [0.15, 0.2) is 29.6 Å². The van der Waals surface area contributed by atoms with Crippen LogP contribution in [0.3, 0.4) is 0 Å². The van der Waals surface area contributed by atoms with Gasteiger partial charge in [0, 0.05) is 42.4 Å². The van der Waals surface area contributed by atoms with Crippen molar-refractivity contribution in [2.24, 2.45) is 0 Å². The molecule has 1 unspecified atom stereocenters. The molecule has 1 atom stereocenters. The van der Waals surface area contributed by atoms with Gasteiger partial charge in [-0.15, -0.1) is 11.3 Å². The fraction of sp³-hybridized carbons (Fsp3) is 0.429. The molecule has 1 aliphatic rings. The Bertz CT molecular complexity index is 930. The van der Waals surface area contributed by atoms with Crippen molar-refractivity contribution in [1.82, 2.24) is 20.7 Å². The minimum absolute atomic E-state index is 0.141. The summed E-state index contributed by atoms with van der Waals surface area (Å²) in [6, 6.07) is 7.46. The topological polar surface area (TPSA) is 104 Å². The van der Waals surface area contributed by atoms with E-state index >= 15 is 0 Å². The summed E-state index contributed by atoms with van der Waals surface area (Å²) in [6.07, 6.45) is 0.141. The number of esters is 1. The van der Waals surface area contributed by atoms with E-state index in [1.165, 1.54) is 18.4 Å². The van der Waals surface area contributed by atoms with Crippen molar-refractivity contribution in [2.75, 3.05) is 38.2 Å². The maximum absolute atomic E-state index is 12.3. The smallest absolute Gasteiger partial charge is 0.337 e. The van der Waals surface area contributed by atoms with Crippen LogP contribution in [0.2, 0.25) is 0 Å². The van der Waals surface area contributed by atoms with Gasteiger partial charge in [-0.1, -0.05) is 0 Å². The van der Waals surface area contributed by atoms with Crippen LogP contribution < -0.4 is 15.8 Å². The number of aromatic nitrogens is 1. The first kappa shape index (κ1) is 22.7. The van der Waals surface area contributed by atoms with Crippen LogP contribution in [0.4, 0.5) is 5.69 Å². The first-order chi connectivity index (χ1) is 14.9. The highest BCUT2D eigenvalue weighted by Crippen LogP contribution is 2.20. The zero-order valence-electron chi connectivity index (χ0n) is 17.9. The molecule has 1 fully saturated rings. The Morgan fingerprint density at radius 2 is 1.87 bits per heavy atom. The van der Waals surface area contributed by atoms with Crippen LogP contribution in [-0.2, 0) is 20.7 Å². The largest absolute Gasteiger partial charge is 0.465 e. The third-order valence-electron chi connectivity index (χ3n) is 5.09. The van der Waals surface area contributed by atoms with E-state index in [2.05, 4.69) is 32.6 Å². The summed E-state index contributed by atoms with van der Waals surface area (Å²) >= 11 is 1.42. The number of carbonyl (C=O) groups excluding carboxylic acids is 3. The molecule has 1 aliphatic heterocycles. The van der Waals surface area contributed by atoms with Gasteiger partial charge in [-0.25, -0.2) is 9.78 Å². The number of nitrogens with one attached hydrogen (secondary N) is 2. The summed E-state index contributed by atoms with van der Waals surface area (Å²) in [5, 5.41) is 2.60. The number of piperazine rings is 1. The number of methoxy groups -OCH3 is 1. The van der Waals surface area contributed by atoms with E-state index in [9.17, 15) is 14.4 Å². The molecule has 2 amide bonds. The Balaban J connectivity index is 1.43. The first-order valence-corrected chi connectivity index (χ1v) is 10.9. The second-order valence-electron chi connectivity index (χ2n) is 7.46. The van der Waals surface area contributed by atoms with Gasteiger partial charge >= 0.3 is 5.97 Å². The number of thiazole rings is 1. The van der Waals surface area contributed by atoms with Crippen molar-refractivity contribution in [3.8, 4) is 0 Å². The van der Waals surface area contributed by atoms with E-state index in [4.69, 9.17) is 4.74 Å². The van der Waals surface area contributed by atoms with E-state index in [1.807, 2.05) is 24.4 Å². The predicted molar refractivity (Wildman–Crippen MR) is 118 cm³/mol. The lowest BCUT2D eigenvalue weighted by Gasteiger charge is -2.40. The van der Waals surface area contributed by atoms with E-state index in [0.717, 1.165) is 24.5 Å². The number of hydrogen-bond donors (Lipinski definition) is 2. The summed E-state index contributed by atoms with van der Waals surface area (Å²) in [7, 11) is 1.36. The molecule has 3 rings (SSSR count). The number of ether oxygens (including phenoxy) is 1. The highest BCUT2D eigenvalue weighted by molar-refractivity contribution is 7.09. The Hall–Kier alpha value is -2.98. The lowest BCUT2D eigenvalue weighted by molar-refractivity contribution is -0.129. The molecule has 1 saturated heterocycles. The fourth-order valence-electron chi connectivity index (χ4n) is 3.42. The number of nitrogens with zero attached hydrogens (tertiary/aromatic N) is 3. The van der Waals surface area contributed by atoms with Gasteiger partial charge in [-0.3, -0.25) is 25.3 Å². The standard InChI is InChI=1S/C21H27N5O4S/c1-14-13-31-20(22-14)10-18(27)23-24-19(28)12-25-8-9-26(11-15(25)2)17-6-4-16(5-7-17)21(29)30-3/h4-7,13,15H,8-12H2,1-3H3,(H,23,27)(H,24,28). The molecule has 166 valence electrons. The van der Waals surface area contributed by atoms with Gasteiger partial charge in [0.15, 0.2) is 0 Å². The van der Waals surface area contributed by atoms with Crippen molar-refractivity contribution in [1.29, 1.82) is 0 Å². The maximum atomic E-state index is 12.3. The molecule has 0 spiro atoms. The average Bonchev–Trinajstić information content (AvgIpc) is 3.17. The van der Waals surface area contributed by atoms with Crippen LogP contribution >= 0.6 is 11.3 Å². The van der Waals surface area contributed by atoms with Crippen molar-refractivity contribution in [2.45, 2.75) is 26.3 Å². The molecule has 1 aromatic carbocycles. The van der Waals surface area contributed by atoms with Gasteiger partial charge in [-0.2, -0.15) is 0 Å². The average molecular weight is 446 g/mol. The number of amides is 2. The highest BCUT2D eigenvalue weighted by Gasteiger charge is 2.25. The number of anilines is 1. The minimum atomic E-state index is -0.357. The van der Waals surface area contributed by atoms with Crippen LogP contribution in [0.5, 0.6) is 0 Å². The van der Waals surface area contributed by atoms with Gasteiger partial charge < -0.3 is 9.64 Å². The van der Waals surface area contributed by atoms with Gasteiger partial charge in [0.1, 0.15) is 5.01 Å². The monoisotopic (exact) mass is 445 g/mol. The summed E-state index contributed by atoms with van der Waals surface area (Å²) in [5.41, 5.74) is 7.35. The van der Waals surface area contributed by atoms with Crippen molar-refractivity contribution >= 4 is 34.8 Å². The minimum Gasteiger partial charge on any atom is -0.465 e. The lowest BCUT2D eigenvalue weighted by atomic mass is 10.1. The second-order valence-corrected chi connectivity index (χ2v) is 8.40. The normalized spacial score (nSPS) is 16.6. The van der Waals surface area contributed by atoms with Gasteiger partial charge in [0.05, 0.1) is 25.6 Å².